The highest BCUT2D eigenvalue weighted by molar-refractivity contribution is 6.35. The van der Waals surface area contributed by atoms with Gasteiger partial charge in [0.15, 0.2) is 6.61 Å². The topological polar surface area (TPSA) is 84.9 Å². The molecule has 2 N–H and O–H groups in total. The van der Waals surface area contributed by atoms with Gasteiger partial charge in [-0.2, -0.15) is 0 Å². The van der Waals surface area contributed by atoms with Crippen molar-refractivity contribution in [3.8, 4) is 11.5 Å². The first kappa shape index (κ1) is 17.9. The van der Waals surface area contributed by atoms with E-state index in [9.17, 15) is 14.7 Å². The number of amides is 1. The highest BCUT2D eigenvalue weighted by Crippen LogP contribution is 2.24. The van der Waals surface area contributed by atoms with Crippen LogP contribution in [0.4, 0.5) is 5.69 Å². The number of phenolic OH excluding ortho intramolecular Hbond substituents is 1. The summed E-state index contributed by atoms with van der Waals surface area (Å²) in [7, 11) is 1.43. The van der Waals surface area contributed by atoms with E-state index in [0.717, 1.165) is 0 Å². The van der Waals surface area contributed by atoms with Crippen LogP contribution >= 0.6 is 23.2 Å². The molecule has 1 amide bonds. The number of esters is 1. The van der Waals surface area contributed by atoms with Gasteiger partial charge < -0.3 is 19.9 Å². The quantitative estimate of drug-likeness (QED) is 0.787. The number of carbonyl (C=O) groups excluding carboxylic acids is 2. The van der Waals surface area contributed by atoms with Crippen LogP contribution in [-0.4, -0.2) is 30.7 Å². The lowest BCUT2D eigenvalue weighted by Gasteiger charge is -2.09. The zero-order valence-corrected chi connectivity index (χ0v) is 14.0. The molecule has 0 saturated heterocycles. The minimum atomic E-state index is -0.838. The Bertz CT molecular complexity index is 759. The molecule has 0 aliphatic rings. The Hall–Kier alpha value is -2.44. The number of rotatable bonds is 5. The Labute approximate surface area is 147 Å². The maximum Gasteiger partial charge on any atom is 0.342 e. The van der Waals surface area contributed by atoms with E-state index in [4.69, 9.17) is 32.7 Å². The predicted molar refractivity (Wildman–Crippen MR) is 90.0 cm³/mol. The van der Waals surface area contributed by atoms with Gasteiger partial charge in [-0.3, -0.25) is 4.79 Å². The first-order valence-electron chi connectivity index (χ1n) is 6.69. The predicted octanol–water partition coefficient (Wildman–Crippen LogP) is 3.50. The van der Waals surface area contributed by atoms with Crippen LogP contribution in [0.25, 0.3) is 0 Å². The minimum absolute atomic E-state index is 0.0746. The third-order valence-corrected chi connectivity index (χ3v) is 3.34. The highest BCUT2D eigenvalue weighted by Gasteiger charge is 2.15. The van der Waals surface area contributed by atoms with E-state index >= 15 is 0 Å². The van der Waals surface area contributed by atoms with Crippen molar-refractivity contribution in [3.63, 3.8) is 0 Å². The Balaban J connectivity index is 1.95. The Morgan fingerprint density at radius 3 is 2.38 bits per heavy atom. The fourth-order valence-corrected chi connectivity index (χ4v) is 2.37. The normalized spacial score (nSPS) is 10.1. The van der Waals surface area contributed by atoms with Crippen molar-refractivity contribution < 1.29 is 24.2 Å². The van der Waals surface area contributed by atoms with Gasteiger partial charge in [0.1, 0.15) is 17.1 Å². The monoisotopic (exact) mass is 369 g/mol. The number of aromatic hydroxyl groups is 1. The Morgan fingerprint density at radius 2 is 1.79 bits per heavy atom. The van der Waals surface area contributed by atoms with E-state index < -0.39 is 18.5 Å². The average Bonchev–Trinajstić information content (AvgIpc) is 2.51. The van der Waals surface area contributed by atoms with Crippen molar-refractivity contribution in [2.45, 2.75) is 0 Å². The van der Waals surface area contributed by atoms with Crippen molar-refractivity contribution >= 4 is 40.8 Å². The summed E-state index contributed by atoms with van der Waals surface area (Å²) in [5, 5.41) is 13.0. The van der Waals surface area contributed by atoms with Crippen molar-refractivity contribution in [2.75, 3.05) is 19.0 Å². The van der Waals surface area contributed by atoms with Crippen LogP contribution in [0.15, 0.2) is 36.4 Å². The molecule has 2 aromatic rings. The molecule has 0 aliphatic carbocycles. The number of hydrogen-bond acceptors (Lipinski definition) is 5. The van der Waals surface area contributed by atoms with Gasteiger partial charge in [-0.25, -0.2) is 4.79 Å². The van der Waals surface area contributed by atoms with Gasteiger partial charge >= 0.3 is 5.97 Å². The molecular formula is C16H13Cl2NO5. The van der Waals surface area contributed by atoms with Crippen LogP contribution in [0.5, 0.6) is 11.5 Å². The molecule has 24 heavy (non-hydrogen) atoms. The molecule has 2 rings (SSSR count). The van der Waals surface area contributed by atoms with Gasteiger partial charge in [-0.15, -0.1) is 0 Å². The van der Waals surface area contributed by atoms with E-state index in [1.807, 2.05) is 0 Å². The van der Waals surface area contributed by atoms with Crippen molar-refractivity contribution in [1.82, 2.24) is 0 Å². The number of ether oxygens (including phenoxy) is 2. The number of nitrogens with one attached hydrogen (secondary N) is 1. The number of phenols is 1. The third kappa shape index (κ3) is 4.78. The molecule has 0 atom stereocenters. The second-order valence-electron chi connectivity index (χ2n) is 4.67. The van der Waals surface area contributed by atoms with Crippen LogP contribution in [0.2, 0.25) is 10.0 Å². The smallest absolute Gasteiger partial charge is 0.342 e. The first-order chi connectivity index (χ1) is 11.4. The van der Waals surface area contributed by atoms with Crippen LogP contribution in [0, 0.1) is 0 Å². The van der Waals surface area contributed by atoms with E-state index in [0.29, 0.717) is 21.5 Å². The number of carbonyl (C=O) groups is 2. The first-order valence-corrected chi connectivity index (χ1v) is 7.44. The van der Waals surface area contributed by atoms with E-state index in [-0.39, 0.29) is 11.3 Å². The molecule has 2 aromatic carbocycles. The summed E-state index contributed by atoms with van der Waals surface area (Å²) in [5.41, 5.74) is 0.301. The summed E-state index contributed by atoms with van der Waals surface area (Å²) in [6.45, 7) is -0.533. The fourth-order valence-electron chi connectivity index (χ4n) is 1.84. The molecule has 0 fully saturated rings. The molecule has 0 unspecified atom stereocenters. The Morgan fingerprint density at radius 1 is 1.12 bits per heavy atom. The summed E-state index contributed by atoms with van der Waals surface area (Å²) in [5.74, 6) is -1.33. The molecule has 8 heteroatoms. The standard InChI is InChI=1S/C16H13Cl2NO5/c1-23-12-2-3-13(14(20)7-12)16(22)24-8-15(21)19-11-5-9(17)4-10(18)6-11/h2-7,20H,8H2,1H3,(H,19,21). The molecule has 0 radical (unpaired) electrons. The van der Waals surface area contributed by atoms with E-state index in [2.05, 4.69) is 5.32 Å². The summed E-state index contributed by atoms with van der Waals surface area (Å²) in [6.07, 6.45) is 0. The lowest BCUT2D eigenvalue weighted by molar-refractivity contribution is -0.119. The van der Waals surface area contributed by atoms with Crippen LogP contribution in [0.3, 0.4) is 0 Å². The van der Waals surface area contributed by atoms with Crippen LogP contribution < -0.4 is 10.1 Å². The van der Waals surface area contributed by atoms with E-state index in [1.165, 1.54) is 43.5 Å². The third-order valence-electron chi connectivity index (χ3n) is 2.91. The number of hydrogen-bond donors (Lipinski definition) is 2. The second kappa shape index (κ2) is 7.90. The molecule has 0 heterocycles. The van der Waals surface area contributed by atoms with Gasteiger partial charge in [-0.1, -0.05) is 23.2 Å². The molecule has 6 nitrogen and oxygen atoms in total. The average molecular weight is 370 g/mol. The second-order valence-corrected chi connectivity index (χ2v) is 5.54. The maximum absolute atomic E-state index is 11.9. The van der Waals surface area contributed by atoms with Crippen molar-refractivity contribution in [2.24, 2.45) is 0 Å². The largest absolute Gasteiger partial charge is 0.507 e. The summed E-state index contributed by atoms with van der Waals surface area (Å²) >= 11 is 11.6. The lowest BCUT2D eigenvalue weighted by atomic mass is 10.2. The Kier molecular flexibility index (Phi) is 5.89. The number of methoxy groups -OCH3 is 1. The van der Waals surface area contributed by atoms with Gasteiger partial charge in [0, 0.05) is 21.8 Å². The van der Waals surface area contributed by atoms with Crippen molar-refractivity contribution in [3.05, 3.63) is 52.0 Å². The molecule has 0 aromatic heterocycles. The van der Waals surface area contributed by atoms with Gasteiger partial charge in [0.05, 0.1) is 7.11 Å². The molecule has 0 saturated carbocycles. The van der Waals surface area contributed by atoms with Gasteiger partial charge in [-0.05, 0) is 30.3 Å². The number of benzene rings is 2. The van der Waals surface area contributed by atoms with Gasteiger partial charge in [0.2, 0.25) is 0 Å². The molecule has 0 spiro atoms. The summed E-state index contributed by atoms with van der Waals surface area (Å²) < 4.78 is 9.77. The molecule has 126 valence electrons. The number of halogens is 2. The fraction of sp³-hybridized carbons (Fsp3) is 0.125. The van der Waals surface area contributed by atoms with Crippen molar-refractivity contribution in [1.29, 1.82) is 0 Å². The van der Waals surface area contributed by atoms with Crippen LogP contribution in [0.1, 0.15) is 10.4 Å². The number of anilines is 1. The zero-order chi connectivity index (χ0) is 17.7. The highest BCUT2D eigenvalue weighted by atomic mass is 35.5. The SMILES string of the molecule is COc1ccc(C(=O)OCC(=O)Nc2cc(Cl)cc(Cl)c2)c(O)c1. The summed E-state index contributed by atoms with van der Waals surface area (Å²) in [4.78, 5) is 23.7. The van der Waals surface area contributed by atoms with Gasteiger partial charge in [0.25, 0.3) is 5.91 Å². The lowest BCUT2D eigenvalue weighted by Crippen LogP contribution is -2.21. The molecule has 0 bridgehead atoms. The molecular weight excluding hydrogens is 357 g/mol. The zero-order valence-electron chi connectivity index (χ0n) is 12.5. The van der Waals surface area contributed by atoms with E-state index in [1.54, 1.807) is 0 Å². The van der Waals surface area contributed by atoms with Crippen LogP contribution in [-0.2, 0) is 9.53 Å². The maximum atomic E-state index is 11.9. The molecule has 0 aliphatic heterocycles. The summed E-state index contributed by atoms with van der Waals surface area (Å²) in [6, 6.07) is 8.62. The minimum Gasteiger partial charge on any atom is -0.507 e.